The first-order valence-electron chi connectivity index (χ1n) is 8.78. The summed E-state index contributed by atoms with van der Waals surface area (Å²) in [7, 11) is 2.09. The molecule has 4 aromatic rings. The summed E-state index contributed by atoms with van der Waals surface area (Å²) < 4.78 is 2.19. The van der Waals surface area contributed by atoms with Crippen molar-refractivity contribution in [2.45, 2.75) is 30.4 Å². The maximum atomic E-state index is 4.97. The van der Waals surface area contributed by atoms with Crippen molar-refractivity contribution < 1.29 is 0 Å². The van der Waals surface area contributed by atoms with Crippen LogP contribution in [-0.2, 0) is 7.05 Å². The highest BCUT2D eigenvalue weighted by molar-refractivity contribution is 8.00. The third-order valence-electron chi connectivity index (χ3n) is 4.78. The van der Waals surface area contributed by atoms with Gasteiger partial charge in [-0.15, -0.1) is 11.8 Å². The predicted octanol–water partition coefficient (Wildman–Crippen LogP) is 6.28. The fourth-order valence-corrected chi connectivity index (χ4v) is 4.17. The van der Waals surface area contributed by atoms with Gasteiger partial charge in [-0.25, -0.2) is 4.98 Å². The summed E-state index contributed by atoms with van der Waals surface area (Å²) >= 11 is 1.94. The topological polar surface area (TPSA) is 17.8 Å². The van der Waals surface area contributed by atoms with E-state index in [0.29, 0.717) is 5.25 Å². The third-order valence-corrected chi connectivity index (χ3v) is 6.04. The molecule has 25 heavy (non-hydrogen) atoms. The Morgan fingerprint density at radius 3 is 2.60 bits per heavy atom. The lowest BCUT2D eigenvalue weighted by Gasteiger charge is -2.09. The number of hydrogen-bond acceptors (Lipinski definition) is 2. The van der Waals surface area contributed by atoms with E-state index in [1.54, 1.807) is 0 Å². The molecule has 0 amide bonds. The van der Waals surface area contributed by atoms with Crippen LogP contribution in [0.1, 0.15) is 20.3 Å². The summed E-state index contributed by atoms with van der Waals surface area (Å²) in [5.41, 5.74) is 3.41. The SMILES string of the molecule is CCC(C)Sc1ccc2c(ccc3c2nc(-c2ccccc2)n3C)c1. The van der Waals surface area contributed by atoms with Gasteiger partial charge in [-0.1, -0.05) is 56.3 Å². The van der Waals surface area contributed by atoms with E-state index in [-0.39, 0.29) is 0 Å². The highest BCUT2D eigenvalue weighted by atomic mass is 32.2. The molecule has 0 aliphatic carbocycles. The van der Waals surface area contributed by atoms with Crippen LogP contribution in [0.15, 0.2) is 65.6 Å². The van der Waals surface area contributed by atoms with Gasteiger partial charge in [0.2, 0.25) is 0 Å². The smallest absolute Gasteiger partial charge is 0.140 e. The maximum Gasteiger partial charge on any atom is 0.140 e. The van der Waals surface area contributed by atoms with Crippen LogP contribution >= 0.6 is 11.8 Å². The zero-order chi connectivity index (χ0) is 17.4. The Morgan fingerprint density at radius 1 is 1.04 bits per heavy atom. The van der Waals surface area contributed by atoms with Gasteiger partial charge in [0.1, 0.15) is 5.82 Å². The molecule has 0 saturated heterocycles. The Labute approximate surface area is 152 Å². The van der Waals surface area contributed by atoms with E-state index >= 15 is 0 Å². The highest BCUT2D eigenvalue weighted by Gasteiger charge is 2.12. The molecule has 0 aliphatic rings. The monoisotopic (exact) mass is 346 g/mol. The molecule has 0 fully saturated rings. The van der Waals surface area contributed by atoms with E-state index in [4.69, 9.17) is 4.98 Å². The highest BCUT2D eigenvalue weighted by Crippen LogP contribution is 2.33. The van der Waals surface area contributed by atoms with Crippen molar-refractivity contribution in [3.05, 3.63) is 60.7 Å². The minimum absolute atomic E-state index is 0.640. The van der Waals surface area contributed by atoms with Gasteiger partial charge in [-0.3, -0.25) is 0 Å². The summed E-state index contributed by atoms with van der Waals surface area (Å²) in [6.07, 6.45) is 1.18. The normalized spacial score (nSPS) is 12.8. The first-order valence-corrected chi connectivity index (χ1v) is 9.66. The summed E-state index contributed by atoms with van der Waals surface area (Å²) in [5.74, 6) is 1.01. The van der Waals surface area contributed by atoms with E-state index in [2.05, 4.69) is 80.1 Å². The van der Waals surface area contributed by atoms with Crippen LogP contribution in [0.2, 0.25) is 0 Å². The lowest BCUT2D eigenvalue weighted by Crippen LogP contribution is -1.92. The quantitative estimate of drug-likeness (QED) is 0.404. The molecule has 0 spiro atoms. The maximum absolute atomic E-state index is 4.97. The standard InChI is InChI=1S/C22H22N2S/c1-4-15(2)25-18-11-12-19-17(14-18)10-13-20-21(19)23-22(24(20)3)16-8-6-5-7-9-16/h5-15H,4H2,1-3H3. The minimum Gasteiger partial charge on any atom is -0.327 e. The second-order valence-corrected chi connectivity index (χ2v) is 8.03. The Kier molecular flexibility index (Phi) is 4.26. The fraction of sp³-hybridized carbons (Fsp3) is 0.227. The number of benzene rings is 3. The predicted molar refractivity (Wildman–Crippen MR) is 109 cm³/mol. The van der Waals surface area contributed by atoms with Gasteiger partial charge < -0.3 is 4.57 Å². The largest absolute Gasteiger partial charge is 0.327 e. The van der Waals surface area contributed by atoms with Crippen molar-refractivity contribution in [1.82, 2.24) is 9.55 Å². The number of imidazole rings is 1. The molecular weight excluding hydrogens is 324 g/mol. The van der Waals surface area contributed by atoms with Crippen molar-refractivity contribution >= 4 is 33.6 Å². The van der Waals surface area contributed by atoms with Crippen LogP contribution in [0.3, 0.4) is 0 Å². The summed E-state index contributed by atoms with van der Waals surface area (Å²) in [6, 6.07) is 21.6. The van der Waals surface area contributed by atoms with Crippen molar-refractivity contribution in [3.63, 3.8) is 0 Å². The summed E-state index contributed by atoms with van der Waals surface area (Å²) in [5, 5.41) is 3.13. The lowest BCUT2D eigenvalue weighted by molar-refractivity contribution is 0.906. The number of hydrogen-bond donors (Lipinski definition) is 0. The van der Waals surface area contributed by atoms with E-state index in [1.165, 1.54) is 27.6 Å². The number of rotatable bonds is 4. The number of thioether (sulfide) groups is 1. The van der Waals surface area contributed by atoms with Crippen LogP contribution in [0.5, 0.6) is 0 Å². The molecule has 0 radical (unpaired) electrons. The minimum atomic E-state index is 0.640. The molecule has 1 unspecified atom stereocenters. The van der Waals surface area contributed by atoms with Crippen LogP contribution in [0, 0.1) is 0 Å². The molecule has 126 valence electrons. The van der Waals surface area contributed by atoms with Crippen molar-refractivity contribution in [3.8, 4) is 11.4 Å². The molecule has 0 aliphatic heterocycles. The number of aromatic nitrogens is 2. The van der Waals surface area contributed by atoms with E-state index in [9.17, 15) is 0 Å². The van der Waals surface area contributed by atoms with Gasteiger partial charge in [0.25, 0.3) is 0 Å². The fourth-order valence-electron chi connectivity index (χ4n) is 3.20. The van der Waals surface area contributed by atoms with Gasteiger partial charge in [0.05, 0.1) is 11.0 Å². The molecule has 3 heteroatoms. The van der Waals surface area contributed by atoms with Gasteiger partial charge in [0.15, 0.2) is 0 Å². The Hall–Kier alpha value is -2.26. The van der Waals surface area contributed by atoms with Crippen LogP contribution in [0.4, 0.5) is 0 Å². The lowest BCUT2D eigenvalue weighted by atomic mass is 10.1. The van der Waals surface area contributed by atoms with Crippen molar-refractivity contribution in [2.75, 3.05) is 0 Å². The Bertz CT molecular complexity index is 1030. The first-order chi connectivity index (χ1) is 12.2. The van der Waals surface area contributed by atoms with E-state index in [0.717, 1.165) is 16.9 Å². The number of fused-ring (bicyclic) bond motifs is 3. The van der Waals surface area contributed by atoms with Gasteiger partial charge in [-0.2, -0.15) is 0 Å². The van der Waals surface area contributed by atoms with Gasteiger partial charge >= 0.3 is 0 Å². The van der Waals surface area contributed by atoms with Gasteiger partial charge in [-0.05, 0) is 30.0 Å². The molecular formula is C22H22N2S. The van der Waals surface area contributed by atoms with Crippen LogP contribution < -0.4 is 0 Å². The molecule has 0 N–H and O–H groups in total. The molecule has 0 bridgehead atoms. The van der Waals surface area contributed by atoms with Crippen molar-refractivity contribution in [1.29, 1.82) is 0 Å². The summed E-state index contributed by atoms with van der Waals surface area (Å²) in [6.45, 7) is 4.52. The number of aryl methyl sites for hydroxylation is 1. The van der Waals surface area contributed by atoms with Crippen LogP contribution in [0.25, 0.3) is 33.2 Å². The average molecular weight is 346 g/mol. The number of nitrogens with zero attached hydrogens (tertiary/aromatic N) is 2. The molecule has 2 nitrogen and oxygen atoms in total. The van der Waals surface area contributed by atoms with Gasteiger partial charge in [0, 0.05) is 28.1 Å². The summed E-state index contributed by atoms with van der Waals surface area (Å²) in [4.78, 5) is 6.31. The molecule has 3 aromatic carbocycles. The Morgan fingerprint density at radius 2 is 1.84 bits per heavy atom. The van der Waals surface area contributed by atoms with E-state index < -0.39 is 0 Å². The molecule has 1 heterocycles. The van der Waals surface area contributed by atoms with Crippen molar-refractivity contribution in [2.24, 2.45) is 7.05 Å². The molecule has 1 aromatic heterocycles. The molecule has 0 saturated carbocycles. The van der Waals surface area contributed by atoms with E-state index in [1.807, 2.05) is 17.8 Å². The zero-order valence-corrected chi connectivity index (χ0v) is 15.7. The second-order valence-electron chi connectivity index (χ2n) is 6.51. The average Bonchev–Trinajstić information content (AvgIpc) is 2.99. The third kappa shape index (κ3) is 2.93. The first kappa shape index (κ1) is 16.2. The zero-order valence-electron chi connectivity index (χ0n) is 14.9. The molecule has 4 rings (SSSR count). The second kappa shape index (κ2) is 6.57. The van der Waals surface area contributed by atoms with Crippen LogP contribution in [-0.4, -0.2) is 14.8 Å². The molecule has 1 atom stereocenters. The Balaban J connectivity index is 1.86.